The SMILES string of the molecule is Cc1nc(C#CCC(=O)O)sc1C. The van der Waals surface area contributed by atoms with Gasteiger partial charge >= 0.3 is 5.97 Å². The van der Waals surface area contributed by atoms with Crippen LogP contribution in [-0.2, 0) is 4.79 Å². The number of carboxylic acid groups (broad SMARTS) is 1. The van der Waals surface area contributed by atoms with Gasteiger partial charge in [0.15, 0.2) is 5.01 Å². The van der Waals surface area contributed by atoms with E-state index in [4.69, 9.17) is 5.11 Å². The van der Waals surface area contributed by atoms with Gasteiger partial charge in [0.05, 0.1) is 5.69 Å². The number of aliphatic carboxylic acids is 1. The summed E-state index contributed by atoms with van der Waals surface area (Å²) in [5, 5.41) is 9.02. The second kappa shape index (κ2) is 4.06. The lowest BCUT2D eigenvalue weighted by molar-refractivity contribution is -0.135. The fourth-order valence-corrected chi connectivity index (χ4v) is 1.51. The van der Waals surface area contributed by atoms with Crippen LogP contribution in [-0.4, -0.2) is 16.1 Å². The van der Waals surface area contributed by atoms with Crippen molar-refractivity contribution in [1.82, 2.24) is 4.98 Å². The zero-order valence-electron chi connectivity index (χ0n) is 7.42. The van der Waals surface area contributed by atoms with Gasteiger partial charge in [-0.25, -0.2) is 4.98 Å². The zero-order valence-corrected chi connectivity index (χ0v) is 8.23. The Morgan fingerprint density at radius 2 is 2.31 bits per heavy atom. The standard InChI is InChI=1S/C9H9NO2S/c1-6-7(2)13-8(10-6)4-3-5-9(11)12/h5H2,1-2H3,(H,11,12). The molecule has 0 aliphatic rings. The maximum atomic E-state index is 10.1. The normalized spacial score (nSPS) is 9.08. The first-order valence-electron chi connectivity index (χ1n) is 3.74. The zero-order chi connectivity index (χ0) is 9.84. The van der Waals surface area contributed by atoms with E-state index >= 15 is 0 Å². The molecule has 0 bridgehead atoms. The van der Waals surface area contributed by atoms with E-state index in [0.29, 0.717) is 5.01 Å². The van der Waals surface area contributed by atoms with Gasteiger partial charge < -0.3 is 5.11 Å². The van der Waals surface area contributed by atoms with Gasteiger partial charge in [-0.05, 0) is 19.8 Å². The lowest BCUT2D eigenvalue weighted by Gasteiger charge is -1.78. The number of aromatic nitrogens is 1. The third-order valence-corrected chi connectivity index (χ3v) is 2.45. The first kappa shape index (κ1) is 9.75. The van der Waals surface area contributed by atoms with Gasteiger partial charge in [-0.3, -0.25) is 4.79 Å². The highest BCUT2D eigenvalue weighted by molar-refractivity contribution is 7.12. The van der Waals surface area contributed by atoms with Crippen LogP contribution in [0.1, 0.15) is 22.0 Å². The molecule has 0 aromatic carbocycles. The van der Waals surface area contributed by atoms with Crippen LogP contribution in [0.4, 0.5) is 0 Å². The highest BCUT2D eigenvalue weighted by Gasteiger charge is 1.99. The number of nitrogens with zero attached hydrogens (tertiary/aromatic N) is 1. The largest absolute Gasteiger partial charge is 0.481 e. The monoisotopic (exact) mass is 195 g/mol. The van der Waals surface area contributed by atoms with E-state index in [0.717, 1.165) is 10.6 Å². The molecule has 0 atom stereocenters. The van der Waals surface area contributed by atoms with Gasteiger partial charge in [-0.2, -0.15) is 0 Å². The Hall–Kier alpha value is -1.34. The van der Waals surface area contributed by atoms with Gasteiger partial charge in [0.25, 0.3) is 0 Å². The molecule has 0 saturated heterocycles. The highest BCUT2D eigenvalue weighted by atomic mass is 32.1. The van der Waals surface area contributed by atoms with Crippen LogP contribution >= 0.6 is 11.3 Å². The van der Waals surface area contributed by atoms with E-state index in [2.05, 4.69) is 16.8 Å². The molecule has 0 fully saturated rings. The fraction of sp³-hybridized carbons (Fsp3) is 0.333. The number of carboxylic acids is 1. The predicted octanol–water partition coefficient (Wildman–Crippen LogP) is 1.59. The summed E-state index contributed by atoms with van der Waals surface area (Å²) in [5.41, 5.74) is 0.963. The number of aryl methyl sites for hydroxylation is 2. The van der Waals surface area contributed by atoms with Gasteiger partial charge in [-0.1, -0.05) is 5.92 Å². The summed E-state index contributed by atoms with van der Waals surface area (Å²) in [6.45, 7) is 3.88. The van der Waals surface area contributed by atoms with E-state index in [-0.39, 0.29) is 6.42 Å². The van der Waals surface area contributed by atoms with Crippen LogP contribution < -0.4 is 0 Å². The average Bonchev–Trinajstić information content (AvgIpc) is 2.30. The van der Waals surface area contributed by atoms with E-state index in [1.54, 1.807) is 0 Å². The maximum absolute atomic E-state index is 10.1. The topological polar surface area (TPSA) is 50.2 Å². The number of hydrogen-bond donors (Lipinski definition) is 1. The molecule has 0 saturated carbocycles. The van der Waals surface area contributed by atoms with Crippen LogP contribution in [0.5, 0.6) is 0 Å². The molecule has 13 heavy (non-hydrogen) atoms. The molecule has 0 aliphatic heterocycles. The van der Waals surface area contributed by atoms with Crippen molar-refractivity contribution in [2.24, 2.45) is 0 Å². The predicted molar refractivity (Wildman–Crippen MR) is 50.7 cm³/mol. The van der Waals surface area contributed by atoms with Gasteiger partial charge in [0.2, 0.25) is 0 Å². The Bertz CT molecular complexity index is 365. The Balaban J connectivity index is 2.72. The fourth-order valence-electron chi connectivity index (χ4n) is 0.722. The third kappa shape index (κ3) is 2.88. The van der Waals surface area contributed by atoms with E-state index < -0.39 is 5.97 Å². The van der Waals surface area contributed by atoms with E-state index in [1.807, 2.05) is 13.8 Å². The average molecular weight is 195 g/mol. The molecule has 68 valence electrons. The van der Waals surface area contributed by atoms with Crippen LogP contribution in [0.2, 0.25) is 0 Å². The molecule has 4 heteroatoms. The van der Waals surface area contributed by atoms with Gasteiger partial charge in [-0.15, -0.1) is 11.3 Å². The Labute approximate surface area is 80.4 Å². The van der Waals surface area contributed by atoms with Gasteiger partial charge in [0, 0.05) is 4.88 Å². The van der Waals surface area contributed by atoms with Crippen LogP contribution in [0.25, 0.3) is 0 Å². The summed E-state index contributed by atoms with van der Waals surface area (Å²) in [7, 11) is 0. The van der Waals surface area contributed by atoms with Crippen molar-refractivity contribution in [3.05, 3.63) is 15.6 Å². The van der Waals surface area contributed by atoms with Crippen molar-refractivity contribution in [2.75, 3.05) is 0 Å². The quantitative estimate of drug-likeness (QED) is 0.692. The maximum Gasteiger partial charge on any atom is 0.315 e. The minimum absolute atomic E-state index is 0.127. The van der Waals surface area contributed by atoms with Crippen LogP contribution in [0, 0.1) is 25.7 Å². The first-order valence-corrected chi connectivity index (χ1v) is 4.56. The highest BCUT2D eigenvalue weighted by Crippen LogP contribution is 2.14. The van der Waals surface area contributed by atoms with Crippen LogP contribution in [0.3, 0.4) is 0 Å². The summed E-state index contributed by atoms with van der Waals surface area (Å²) in [4.78, 5) is 15.4. The van der Waals surface area contributed by atoms with Crippen molar-refractivity contribution in [3.8, 4) is 11.8 Å². The summed E-state index contributed by atoms with van der Waals surface area (Å²) in [5.74, 6) is 4.35. The minimum atomic E-state index is -0.905. The third-order valence-electron chi connectivity index (χ3n) is 1.46. The molecular weight excluding hydrogens is 186 g/mol. The van der Waals surface area contributed by atoms with Crippen molar-refractivity contribution < 1.29 is 9.90 Å². The number of carbonyl (C=O) groups is 1. The molecule has 0 aliphatic carbocycles. The molecule has 1 rings (SSSR count). The molecule has 1 aromatic rings. The molecule has 0 spiro atoms. The van der Waals surface area contributed by atoms with Gasteiger partial charge in [0.1, 0.15) is 6.42 Å². The lowest BCUT2D eigenvalue weighted by atomic mass is 10.4. The molecule has 0 radical (unpaired) electrons. The lowest BCUT2D eigenvalue weighted by Crippen LogP contribution is -1.90. The number of thiazole rings is 1. The molecule has 0 unspecified atom stereocenters. The Morgan fingerprint density at radius 1 is 1.62 bits per heavy atom. The van der Waals surface area contributed by atoms with Crippen molar-refractivity contribution in [2.45, 2.75) is 20.3 Å². The van der Waals surface area contributed by atoms with Crippen molar-refractivity contribution in [1.29, 1.82) is 0 Å². The Kier molecular flexibility index (Phi) is 3.04. The van der Waals surface area contributed by atoms with E-state index in [9.17, 15) is 4.79 Å². The Morgan fingerprint density at radius 3 is 2.77 bits per heavy atom. The second-order valence-corrected chi connectivity index (χ2v) is 3.74. The molecule has 3 nitrogen and oxygen atoms in total. The summed E-state index contributed by atoms with van der Waals surface area (Å²) >= 11 is 1.49. The minimum Gasteiger partial charge on any atom is -0.481 e. The molecule has 1 aromatic heterocycles. The number of rotatable bonds is 1. The molecule has 1 N–H and O–H groups in total. The second-order valence-electron chi connectivity index (χ2n) is 2.53. The van der Waals surface area contributed by atoms with E-state index in [1.165, 1.54) is 11.3 Å². The molecule has 0 amide bonds. The molecular formula is C9H9NO2S. The van der Waals surface area contributed by atoms with Crippen molar-refractivity contribution in [3.63, 3.8) is 0 Å². The summed E-state index contributed by atoms with van der Waals surface area (Å²) in [6, 6.07) is 0. The summed E-state index contributed by atoms with van der Waals surface area (Å²) in [6.07, 6.45) is -0.127. The summed E-state index contributed by atoms with van der Waals surface area (Å²) < 4.78 is 0. The smallest absolute Gasteiger partial charge is 0.315 e. The van der Waals surface area contributed by atoms with Crippen LogP contribution in [0.15, 0.2) is 0 Å². The number of hydrogen-bond acceptors (Lipinski definition) is 3. The molecule has 1 heterocycles. The first-order chi connectivity index (χ1) is 6.09. The van der Waals surface area contributed by atoms with Crippen molar-refractivity contribution >= 4 is 17.3 Å².